The van der Waals surface area contributed by atoms with Crippen LogP contribution in [0.5, 0.6) is 0 Å². The average Bonchev–Trinajstić information content (AvgIpc) is 3.19. The zero-order valence-corrected chi connectivity index (χ0v) is 22.4. The molecule has 3 rings (SSSR count). The van der Waals surface area contributed by atoms with Crippen LogP contribution >= 0.6 is 0 Å². The van der Waals surface area contributed by atoms with E-state index >= 15 is 0 Å². The van der Waals surface area contributed by atoms with Gasteiger partial charge in [0.15, 0.2) is 12.6 Å². The maximum atomic E-state index is 11.4. The lowest BCUT2D eigenvalue weighted by Gasteiger charge is -2.33. The minimum absolute atomic E-state index is 0.139. The molecule has 2 aliphatic heterocycles. The van der Waals surface area contributed by atoms with Gasteiger partial charge in [-0.1, -0.05) is 26.2 Å². The molecule has 0 spiro atoms. The van der Waals surface area contributed by atoms with E-state index in [1.54, 1.807) is 0 Å². The van der Waals surface area contributed by atoms with Crippen molar-refractivity contribution in [2.75, 3.05) is 19.8 Å². The van der Waals surface area contributed by atoms with E-state index in [-0.39, 0.29) is 37.1 Å². The smallest absolute Gasteiger partial charge is 0.199 e. The summed E-state index contributed by atoms with van der Waals surface area (Å²) >= 11 is 0. The Kier molecular flexibility index (Phi) is 15.8. The third-order valence-electron chi connectivity index (χ3n) is 7.06. The van der Waals surface area contributed by atoms with E-state index in [0.29, 0.717) is 12.8 Å². The van der Waals surface area contributed by atoms with Gasteiger partial charge in [0.2, 0.25) is 0 Å². The van der Waals surface area contributed by atoms with Crippen molar-refractivity contribution in [2.45, 2.75) is 128 Å². The van der Waals surface area contributed by atoms with Crippen molar-refractivity contribution in [1.82, 2.24) is 0 Å². The molecule has 0 aromatic rings. The molecule has 3 unspecified atom stereocenters. The average molecular weight is 515 g/mol. The van der Waals surface area contributed by atoms with Crippen LogP contribution in [-0.4, -0.2) is 72.3 Å². The molecule has 8 heteroatoms. The lowest BCUT2D eigenvalue weighted by molar-refractivity contribution is -0.201. The van der Waals surface area contributed by atoms with Crippen LogP contribution in [-0.2, 0) is 23.7 Å². The Hall–Kier alpha value is -1.03. The first-order valence-electron chi connectivity index (χ1n) is 14.2. The fraction of sp³-hybridized carbons (Fsp3) is 0.893. The number of unbranched alkanes of at least 4 members (excludes halogenated alkanes) is 4. The molecule has 1 saturated carbocycles. The highest BCUT2D eigenvalue weighted by Crippen LogP contribution is 2.43. The summed E-state index contributed by atoms with van der Waals surface area (Å²) in [6, 6.07) is 0. The summed E-state index contributed by atoms with van der Waals surface area (Å²) in [5.74, 6) is 0.492. The van der Waals surface area contributed by atoms with Crippen LogP contribution in [0.4, 0.5) is 0 Å². The molecule has 0 bridgehead atoms. The van der Waals surface area contributed by atoms with Gasteiger partial charge >= 0.3 is 0 Å². The number of ether oxygens (including phenoxy) is 4. The molecule has 2 saturated heterocycles. The minimum atomic E-state index is -0.580. The number of hydrogen-bond acceptors (Lipinski definition) is 8. The van der Waals surface area contributed by atoms with Gasteiger partial charge in [-0.25, -0.2) is 0 Å². The Labute approximate surface area is 217 Å². The number of hydrogen-bond donors (Lipinski definition) is 3. The van der Waals surface area contributed by atoms with Gasteiger partial charge in [0.1, 0.15) is 12.0 Å². The quantitative estimate of drug-likeness (QED) is 0.190. The molecular weight excluding hydrogens is 464 g/mol. The van der Waals surface area contributed by atoms with Crippen LogP contribution in [0.1, 0.15) is 97.3 Å². The molecule has 36 heavy (non-hydrogen) atoms. The standard InChI is InChI=1S/C25H42O6.C3H8O2/c1-2-3-4-5-6-11-21(30-23-12-7-9-16-28-23)25-19(14-15-26)20(27)18-22(25)31-24-13-8-10-17-29-24;1-3(5)2-4/h11,15,19-20,22-25,27H,2-10,12-14,16-18H2,1H3;3-5H,2H2,1H3/t19-,20+,22-,23?,24?,25-;/m0./s1. The summed E-state index contributed by atoms with van der Waals surface area (Å²) in [5.41, 5.74) is 0. The van der Waals surface area contributed by atoms with Crippen LogP contribution < -0.4 is 0 Å². The summed E-state index contributed by atoms with van der Waals surface area (Å²) in [6.45, 7) is 5.04. The van der Waals surface area contributed by atoms with Crippen molar-refractivity contribution in [3.8, 4) is 0 Å². The molecule has 210 valence electrons. The molecule has 0 aromatic heterocycles. The fourth-order valence-electron chi connectivity index (χ4n) is 5.07. The first-order valence-corrected chi connectivity index (χ1v) is 14.2. The highest BCUT2D eigenvalue weighted by molar-refractivity contribution is 5.50. The SMILES string of the molecule is CC(O)CO.CCCCCCC=C(OC1CCCCO1)[C@@H]1[C@@H](CC=O)[C@H](O)C[C@@H]1OC1CCCCO1. The molecule has 3 N–H and O–H groups in total. The molecule has 8 nitrogen and oxygen atoms in total. The number of allylic oxidation sites excluding steroid dienone is 1. The molecule has 0 amide bonds. The largest absolute Gasteiger partial charge is 0.469 e. The zero-order valence-electron chi connectivity index (χ0n) is 22.4. The van der Waals surface area contributed by atoms with Gasteiger partial charge in [0.05, 0.1) is 31.5 Å². The number of carbonyl (C=O) groups is 1. The predicted molar refractivity (Wildman–Crippen MR) is 137 cm³/mol. The number of aldehydes is 1. The fourth-order valence-corrected chi connectivity index (χ4v) is 5.07. The second kappa shape index (κ2) is 18.3. The highest BCUT2D eigenvalue weighted by atomic mass is 16.7. The van der Waals surface area contributed by atoms with Crippen LogP contribution in [0.25, 0.3) is 0 Å². The first-order chi connectivity index (χ1) is 17.5. The van der Waals surface area contributed by atoms with E-state index in [4.69, 9.17) is 29.2 Å². The van der Waals surface area contributed by atoms with Gasteiger partial charge in [0.25, 0.3) is 0 Å². The Bertz CT molecular complexity index is 598. The highest BCUT2D eigenvalue weighted by Gasteiger charge is 2.47. The van der Waals surface area contributed by atoms with Gasteiger partial charge in [0, 0.05) is 37.7 Å². The Balaban J connectivity index is 0.000000830. The van der Waals surface area contributed by atoms with Gasteiger partial charge < -0.3 is 39.1 Å². The number of aliphatic hydroxyl groups excluding tert-OH is 3. The summed E-state index contributed by atoms with van der Waals surface area (Å²) in [5, 5.41) is 26.8. The predicted octanol–water partition coefficient (Wildman–Crippen LogP) is 4.24. The Morgan fingerprint density at radius 2 is 1.72 bits per heavy atom. The third kappa shape index (κ3) is 11.2. The number of aliphatic hydroxyl groups is 3. The summed E-state index contributed by atoms with van der Waals surface area (Å²) in [7, 11) is 0. The summed E-state index contributed by atoms with van der Waals surface area (Å²) in [6.07, 6.45) is 13.8. The Morgan fingerprint density at radius 3 is 2.28 bits per heavy atom. The van der Waals surface area contributed by atoms with Gasteiger partial charge in [-0.15, -0.1) is 0 Å². The van der Waals surface area contributed by atoms with E-state index in [1.165, 1.54) is 26.2 Å². The number of rotatable bonds is 13. The van der Waals surface area contributed by atoms with Crippen molar-refractivity contribution in [3.63, 3.8) is 0 Å². The first kappa shape index (κ1) is 31.2. The third-order valence-corrected chi connectivity index (χ3v) is 7.06. The second-order valence-electron chi connectivity index (χ2n) is 10.3. The van der Waals surface area contributed by atoms with E-state index in [9.17, 15) is 9.90 Å². The lowest BCUT2D eigenvalue weighted by Crippen LogP contribution is -2.34. The maximum Gasteiger partial charge on any atom is 0.199 e. The van der Waals surface area contributed by atoms with E-state index in [2.05, 4.69) is 13.0 Å². The summed E-state index contributed by atoms with van der Waals surface area (Å²) < 4.78 is 24.5. The van der Waals surface area contributed by atoms with E-state index in [0.717, 1.165) is 76.6 Å². The summed E-state index contributed by atoms with van der Waals surface area (Å²) in [4.78, 5) is 11.4. The Morgan fingerprint density at radius 1 is 1.06 bits per heavy atom. The van der Waals surface area contributed by atoms with Gasteiger partial charge in [-0.05, 0) is 57.9 Å². The molecule has 0 aromatic carbocycles. The van der Waals surface area contributed by atoms with E-state index < -0.39 is 12.2 Å². The van der Waals surface area contributed by atoms with Gasteiger partial charge in [-0.2, -0.15) is 0 Å². The van der Waals surface area contributed by atoms with Crippen LogP contribution in [0, 0.1) is 11.8 Å². The van der Waals surface area contributed by atoms with Gasteiger partial charge in [-0.3, -0.25) is 0 Å². The topological polar surface area (TPSA) is 115 Å². The maximum absolute atomic E-state index is 11.4. The van der Waals surface area contributed by atoms with E-state index in [1.807, 2.05) is 0 Å². The van der Waals surface area contributed by atoms with Crippen LogP contribution in [0.2, 0.25) is 0 Å². The molecule has 3 aliphatic rings. The molecule has 3 fully saturated rings. The van der Waals surface area contributed by atoms with Crippen LogP contribution in [0.15, 0.2) is 11.8 Å². The second-order valence-corrected chi connectivity index (χ2v) is 10.3. The van der Waals surface area contributed by atoms with Crippen molar-refractivity contribution in [1.29, 1.82) is 0 Å². The number of carbonyl (C=O) groups excluding carboxylic acids is 1. The van der Waals surface area contributed by atoms with Crippen LogP contribution in [0.3, 0.4) is 0 Å². The van der Waals surface area contributed by atoms with Crippen molar-refractivity contribution < 1.29 is 39.1 Å². The normalized spacial score (nSPS) is 31.9. The van der Waals surface area contributed by atoms with Crippen molar-refractivity contribution in [3.05, 3.63) is 11.8 Å². The lowest BCUT2D eigenvalue weighted by atomic mass is 9.88. The van der Waals surface area contributed by atoms with Crippen molar-refractivity contribution >= 4 is 6.29 Å². The molecule has 1 aliphatic carbocycles. The molecular formula is C28H50O8. The minimum Gasteiger partial charge on any atom is -0.469 e. The molecule has 2 heterocycles. The monoisotopic (exact) mass is 514 g/mol. The van der Waals surface area contributed by atoms with Crippen molar-refractivity contribution in [2.24, 2.45) is 11.8 Å². The molecule has 7 atom stereocenters. The molecule has 0 radical (unpaired) electrons. The zero-order chi connectivity index (χ0) is 26.2.